The van der Waals surface area contributed by atoms with Gasteiger partial charge in [0.25, 0.3) is 0 Å². The van der Waals surface area contributed by atoms with Gasteiger partial charge in [-0.25, -0.2) is 9.78 Å². The van der Waals surface area contributed by atoms with Gasteiger partial charge in [0.15, 0.2) is 10.9 Å². The maximum absolute atomic E-state index is 11.5. The normalized spacial score (nSPS) is 10.4. The zero-order chi connectivity index (χ0) is 11.7. The predicted molar refractivity (Wildman–Crippen MR) is 61.9 cm³/mol. The van der Waals surface area contributed by atoms with Crippen molar-refractivity contribution in [2.45, 2.75) is 0 Å². The number of anilines is 1. The summed E-state index contributed by atoms with van der Waals surface area (Å²) in [6, 6.07) is 3.42. The van der Waals surface area contributed by atoms with Crippen LogP contribution in [0.4, 0.5) is 5.13 Å². The van der Waals surface area contributed by atoms with Gasteiger partial charge in [0.2, 0.25) is 0 Å². The number of carbonyl (C=O) groups is 1. The number of hydrogen-bond acceptors (Lipinski definition) is 6. The van der Waals surface area contributed by atoms with Crippen molar-refractivity contribution in [3.8, 4) is 5.75 Å². The highest BCUT2D eigenvalue weighted by molar-refractivity contribution is 7.22. The molecule has 2 aromatic rings. The number of methoxy groups -OCH3 is 2. The highest BCUT2D eigenvalue weighted by Crippen LogP contribution is 2.34. The SMILES string of the molecule is COC(=O)c1ccc2sc(N)nc2c1OC. The second-order valence-electron chi connectivity index (χ2n) is 3.04. The van der Waals surface area contributed by atoms with Gasteiger partial charge in [-0.2, -0.15) is 0 Å². The molecule has 84 valence electrons. The molecule has 0 spiro atoms. The number of fused-ring (bicyclic) bond motifs is 1. The number of ether oxygens (including phenoxy) is 2. The van der Waals surface area contributed by atoms with Crippen molar-refractivity contribution < 1.29 is 14.3 Å². The first-order chi connectivity index (χ1) is 7.67. The Morgan fingerprint density at radius 2 is 2.19 bits per heavy atom. The van der Waals surface area contributed by atoms with Crippen LogP contribution in [0.15, 0.2) is 12.1 Å². The van der Waals surface area contributed by atoms with Gasteiger partial charge in [-0.05, 0) is 12.1 Å². The maximum atomic E-state index is 11.5. The standard InChI is InChI=1S/C10H10N2O3S/c1-14-8-5(9(13)15-2)3-4-6-7(8)12-10(11)16-6/h3-4H,1-2H3,(H2,11,12). The molecule has 0 amide bonds. The highest BCUT2D eigenvalue weighted by Gasteiger charge is 2.17. The number of nitrogen functional groups attached to an aromatic ring is 1. The first kappa shape index (κ1) is 10.7. The largest absolute Gasteiger partial charge is 0.494 e. The lowest BCUT2D eigenvalue weighted by Gasteiger charge is -2.06. The molecule has 0 atom stereocenters. The number of rotatable bonds is 2. The van der Waals surface area contributed by atoms with Crippen molar-refractivity contribution >= 4 is 32.7 Å². The molecular formula is C10H10N2O3S. The fraction of sp³-hybridized carbons (Fsp3) is 0.200. The first-order valence-corrected chi connectivity index (χ1v) is 5.30. The molecule has 2 N–H and O–H groups in total. The zero-order valence-electron chi connectivity index (χ0n) is 8.81. The minimum absolute atomic E-state index is 0.350. The number of nitrogens with two attached hydrogens (primary N) is 1. The molecule has 0 saturated carbocycles. The van der Waals surface area contributed by atoms with Gasteiger partial charge in [-0.1, -0.05) is 11.3 Å². The molecule has 0 saturated heterocycles. The quantitative estimate of drug-likeness (QED) is 0.805. The van der Waals surface area contributed by atoms with Crippen molar-refractivity contribution in [2.24, 2.45) is 0 Å². The van der Waals surface area contributed by atoms with Gasteiger partial charge in [-0.15, -0.1) is 0 Å². The molecule has 1 aromatic carbocycles. The van der Waals surface area contributed by atoms with E-state index in [1.807, 2.05) is 0 Å². The summed E-state index contributed by atoms with van der Waals surface area (Å²) in [4.78, 5) is 15.6. The minimum atomic E-state index is -0.453. The lowest BCUT2D eigenvalue weighted by atomic mass is 10.2. The molecule has 0 aliphatic rings. The third-order valence-electron chi connectivity index (χ3n) is 2.14. The van der Waals surface area contributed by atoms with Gasteiger partial charge in [0.05, 0.1) is 18.9 Å². The van der Waals surface area contributed by atoms with Gasteiger partial charge in [0.1, 0.15) is 11.1 Å². The second-order valence-corrected chi connectivity index (χ2v) is 4.10. The van der Waals surface area contributed by atoms with Crippen LogP contribution in [0.3, 0.4) is 0 Å². The monoisotopic (exact) mass is 238 g/mol. The highest BCUT2D eigenvalue weighted by atomic mass is 32.1. The van der Waals surface area contributed by atoms with Crippen LogP contribution in [0.25, 0.3) is 10.2 Å². The topological polar surface area (TPSA) is 74.4 Å². The molecule has 0 bridgehead atoms. The lowest BCUT2D eigenvalue weighted by Crippen LogP contribution is -2.04. The van der Waals surface area contributed by atoms with E-state index in [9.17, 15) is 4.79 Å². The Labute approximate surface area is 95.8 Å². The van der Waals surface area contributed by atoms with Crippen LogP contribution in [-0.2, 0) is 4.74 Å². The summed E-state index contributed by atoms with van der Waals surface area (Å²) >= 11 is 1.34. The van der Waals surface area contributed by atoms with Gasteiger partial charge < -0.3 is 15.2 Å². The van der Waals surface area contributed by atoms with Crippen LogP contribution in [0, 0.1) is 0 Å². The lowest BCUT2D eigenvalue weighted by molar-refractivity contribution is 0.0597. The number of nitrogens with zero attached hydrogens (tertiary/aromatic N) is 1. The summed E-state index contributed by atoms with van der Waals surface area (Å²) in [7, 11) is 2.80. The molecule has 0 unspecified atom stereocenters. The first-order valence-electron chi connectivity index (χ1n) is 4.48. The van der Waals surface area contributed by atoms with E-state index in [1.54, 1.807) is 12.1 Å². The van der Waals surface area contributed by atoms with E-state index in [4.69, 9.17) is 10.5 Å². The van der Waals surface area contributed by atoms with Gasteiger partial charge >= 0.3 is 5.97 Å². The Balaban J connectivity index is 2.71. The summed E-state index contributed by atoms with van der Waals surface area (Å²) < 4.78 is 10.7. The van der Waals surface area contributed by atoms with Crippen LogP contribution >= 0.6 is 11.3 Å². The number of hydrogen-bond donors (Lipinski definition) is 1. The molecule has 0 radical (unpaired) electrons. The molecule has 0 aliphatic heterocycles. The van der Waals surface area contributed by atoms with Gasteiger partial charge in [0, 0.05) is 0 Å². The van der Waals surface area contributed by atoms with Crippen molar-refractivity contribution in [3.05, 3.63) is 17.7 Å². The predicted octanol–water partition coefficient (Wildman–Crippen LogP) is 1.67. The zero-order valence-corrected chi connectivity index (χ0v) is 9.63. The summed E-state index contributed by atoms with van der Waals surface area (Å²) in [5.74, 6) is -0.0531. The fourth-order valence-electron chi connectivity index (χ4n) is 1.46. The maximum Gasteiger partial charge on any atom is 0.341 e. The Morgan fingerprint density at radius 3 is 2.81 bits per heavy atom. The fourth-order valence-corrected chi connectivity index (χ4v) is 2.20. The third-order valence-corrected chi connectivity index (χ3v) is 2.99. The number of benzene rings is 1. The Bertz CT molecular complexity index is 550. The van der Waals surface area contributed by atoms with E-state index >= 15 is 0 Å². The summed E-state index contributed by atoms with van der Waals surface area (Å²) in [6.07, 6.45) is 0. The molecule has 2 rings (SSSR count). The summed E-state index contributed by atoms with van der Waals surface area (Å²) in [5, 5.41) is 0.440. The second kappa shape index (κ2) is 3.97. The van der Waals surface area contributed by atoms with Gasteiger partial charge in [-0.3, -0.25) is 0 Å². The minimum Gasteiger partial charge on any atom is -0.494 e. The number of carbonyl (C=O) groups excluding carboxylic acids is 1. The van der Waals surface area contributed by atoms with Crippen LogP contribution in [-0.4, -0.2) is 25.2 Å². The van der Waals surface area contributed by atoms with Crippen LogP contribution in [0.1, 0.15) is 10.4 Å². The molecule has 1 heterocycles. The van der Waals surface area contributed by atoms with Crippen LogP contribution in [0.5, 0.6) is 5.75 Å². The van der Waals surface area contributed by atoms with E-state index in [-0.39, 0.29) is 0 Å². The summed E-state index contributed by atoms with van der Waals surface area (Å²) in [5.41, 5.74) is 6.55. The van der Waals surface area contributed by atoms with E-state index in [0.29, 0.717) is 22.0 Å². The van der Waals surface area contributed by atoms with Crippen LogP contribution in [0.2, 0.25) is 0 Å². The molecule has 6 heteroatoms. The Kier molecular flexibility index (Phi) is 2.66. The van der Waals surface area contributed by atoms with Crippen molar-refractivity contribution in [3.63, 3.8) is 0 Å². The number of esters is 1. The van der Waals surface area contributed by atoms with E-state index in [0.717, 1.165) is 4.70 Å². The average Bonchev–Trinajstić information content (AvgIpc) is 2.66. The molecule has 0 fully saturated rings. The molecular weight excluding hydrogens is 228 g/mol. The van der Waals surface area contributed by atoms with Crippen molar-refractivity contribution in [2.75, 3.05) is 20.0 Å². The molecule has 5 nitrogen and oxygen atoms in total. The van der Waals surface area contributed by atoms with Crippen molar-refractivity contribution in [1.82, 2.24) is 4.98 Å². The van der Waals surface area contributed by atoms with E-state index in [2.05, 4.69) is 9.72 Å². The third kappa shape index (κ3) is 1.57. The average molecular weight is 238 g/mol. The molecule has 1 aromatic heterocycles. The Hall–Kier alpha value is -1.82. The van der Waals surface area contributed by atoms with Crippen LogP contribution < -0.4 is 10.5 Å². The number of thiazole rings is 1. The molecule has 16 heavy (non-hydrogen) atoms. The number of aromatic nitrogens is 1. The Morgan fingerprint density at radius 1 is 1.44 bits per heavy atom. The van der Waals surface area contributed by atoms with E-state index in [1.165, 1.54) is 25.6 Å². The summed E-state index contributed by atoms with van der Waals surface area (Å²) in [6.45, 7) is 0. The van der Waals surface area contributed by atoms with E-state index < -0.39 is 5.97 Å². The van der Waals surface area contributed by atoms with Crippen molar-refractivity contribution in [1.29, 1.82) is 0 Å². The molecule has 0 aliphatic carbocycles. The smallest absolute Gasteiger partial charge is 0.341 e.